The molecule has 1 fully saturated rings. The lowest BCUT2D eigenvalue weighted by atomic mass is 10.0. The second-order valence-electron chi connectivity index (χ2n) is 9.89. The van der Waals surface area contributed by atoms with Crippen molar-refractivity contribution in [3.8, 4) is 0 Å². The Morgan fingerprint density at radius 3 is 2.20 bits per heavy atom. The Morgan fingerprint density at radius 2 is 1.59 bits per heavy atom. The van der Waals surface area contributed by atoms with Gasteiger partial charge < -0.3 is 26.2 Å². The molecule has 0 aromatic heterocycles. The number of non-ortho nitro benzene ring substituents is 1. The zero-order chi connectivity index (χ0) is 30.1. The maximum absolute atomic E-state index is 13.4. The molecule has 218 valence electrons. The molecule has 41 heavy (non-hydrogen) atoms. The van der Waals surface area contributed by atoms with E-state index in [2.05, 4.69) is 21.3 Å². The van der Waals surface area contributed by atoms with Crippen LogP contribution in [0, 0.1) is 10.1 Å². The number of hydrogen-bond acceptors (Lipinski definition) is 7. The molecule has 4 atom stereocenters. The summed E-state index contributed by atoms with van der Waals surface area (Å²) >= 11 is 0. The van der Waals surface area contributed by atoms with E-state index in [1.54, 1.807) is 0 Å². The summed E-state index contributed by atoms with van der Waals surface area (Å²) in [5.41, 5.74) is 0.988. The van der Waals surface area contributed by atoms with Gasteiger partial charge in [0.1, 0.15) is 24.2 Å². The highest BCUT2D eigenvalue weighted by Crippen LogP contribution is 2.20. The lowest BCUT2D eigenvalue weighted by Crippen LogP contribution is -2.56. The van der Waals surface area contributed by atoms with Crippen molar-refractivity contribution < 1.29 is 28.9 Å². The fourth-order valence-electron chi connectivity index (χ4n) is 4.55. The van der Waals surface area contributed by atoms with Gasteiger partial charge in [-0.25, -0.2) is 0 Å². The average molecular weight is 567 g/mol. The van der Waals surface area contributed by atoms with Gasteiger partial charge in [0.2, 0.25) is 29.5 Å². The number of nitrogens with one attached hydrogen (secondary N) is 4. The summed E-state index contributed by atoms with van der Waals surface area (Å²) in [6.07, 6.45) is 1.10. The molecular formula is C28H34N6O7. The Morgan fingerprint density at radius 1 is 0.927 bits per heavy atom. The van der Waals surface area contributed by atoms with E-state index < -0.39 is 52.7 Å². The third kappa shape index (κ3) is 8.59. The van der Waals surface area contributed by atoms with Gasteiger partial charge >= 0.3 is 0 Å². The van der Waals surface area contributed by atoms with Crippen LogP contribution in [0.3, 0.4) is 0 Å². The van der Waals surface area contributed by atoms with Crippen molar-refractivity contribution in [2.75, 3.05) is 11.9 Å². The summed E-state index contributed by atoms with van der Waals surface area (Å²) in [6.45, 7) is 4.58. The van der Waals surface area contributed by atoms with Gasteiger partial charge in [0.05, 0.1) is 4.92 Å². The summed E-state index contributed by atoms with van der Waals surface area (Å²) in [6, 6.07) is 10.8. The molecule has 4 N–H and O–H groups in total. The Balaban J connectivity index is 1.71. The minimum atomic E-state index is -1.01. The Hall–Kier alpha value is -4.81. The van der Waals surface area contributed by atoms with Crippen LogP contribution in [0.5, 0.6) is 0 Å². The normalized spacial score (nSPS) is 16.6. The quantitative estimate of drug-likeness (QED) is 0.234. The SMILES string of the molecule is CC(=O)N[C@@H](C)C(=O)N[C@@H](C)C(=O)N1CCC[C@@H]1C(=O)N[C@@H](Cc1ccccc1)C(=O)Nc1ccc([N+](=O)[O-])cc1. The number of likely N-dealkylation sites (tertiary alicyclic amines) is 1. The number of anilines is 1. The molecule has 1 heterocycles. The number of nitro groups is 1. The van der Waals surface area contributed by atoms with E-state index >= 15 is 0 Å². The number of nitro benzene ring substituents is 1. The number of nitrogens with zero attached hydrogens (tertiary/aromatic N) is 2. The summed E-state index contributed by atoms with van der Waals surface area (Å²) < 4.78 is 0. The highest BCUT2D eigenvalue weighted by atomic mass is 16.6. The zero-order valence-corrected chi connectivity index (χ0v) is 23.1. The topological polar surface area (TPSA) is 180 Å². The molecule has 1 saturated heterocycles. The van der Waals surface area contributed by atoms with Crippen molar-refractivity contribution >= 4 is 40.9 Å². The number of carbonyl (C=O) groups is 5. The molecule has 3 rings (SSSR count). The Bertz CT molecular complexity index is 1280. The van der Waals surface area contributed by atoms with E-state index in [-0.39, 0.29) is 18.0 Å². The molecule has 2 aromatic rings. The maximum Gasteiger partial charge on any atom is 0.269 e. The molecule has 1 aliphatic heterocycles. The fourth-order valence-corrected chi connectivity index (χ4v) is 4.55. The van der Waals surface area contributed by atoms with E-state index in [0.29, 0.717) is 25.1 Å². The van der Waals surface area contributed by atoms with Crippen LogP contribution in [0.15, 0.2) is 54.6 Å². The van der Waals surface area contributed by atoms with Crippen molar-refractivity contribution in [2.45, 2.75) is 64.2 Å². The van der Waals surface area contributed by atoms with Crippen LogP contribution in [-0.2, 0) is 30.4 Å². The summed E-state index contributed by atoms with van der Waals surface area (Å²) in [5, 5.41) is 21.4. The summed E-state index contributed by atoms with van der Waals surface area (Å²) in [7, 11) is 0. The lowest BCUT2D eigenvalue weighted by molar-refractivity contribution is -0.384. The standard InChI is InChI=1S/C28H34N6O7/c1-17(29-19(3)35)25(36)30-18(2)28(39)33-15-7-10-24(33)27(38)32-23(16-20-8-5-4-6-9-20)26(37)31-21-11-13-22(14-12-21)34(40)41/h4-6,8-9,11-14,17-18,23-24H,7,10,15-16H2,1-3H3,(H,29,35)(H,30,36)(H,31,37)(H,32,38)/t17-,18-,23-,24+/m0/s1. The molecule has 1 aliphatic rings. The number of hydrogen-bond donors (Lipinski definition) is 4. The molecule has 5 amide bonds. The second kappa shape index (κ2) is 14.0. The molecule has 0 aliphatic carbocycles. The summed E-state index contributed by atoms with van der Waals surface area (Å²) in [4.78, 5) is 75.2. The van der Waals surface area contributed by atoms with E-state index in [9.17, 15) is 34.1 Å². The molecule has 0 bridgehead atoms. The second-order valence-corrected chi connectivity index (χ2v) is 9.89. The number of carbonyl (C=O) groups excluding carboxylic acids is 5. The van der Waals surface area contributed by atoms with Gasteiger partial charge in [-0.2, -0.15) is 0 Å². The maximum atomic E-state index is 13.4. The van der Waals surface area contributed by atoms with Gasteiger partial charge in [-0.05, 0) is 44.4 Å². The highest BCUT2D eigenvalue weighted by Gasteiger charge is 2.38. The first-order chi connectivity index (χ1) is 19.5. The third-order valence-electron chi connectivity index (χ3n) is 6.64. The lowest BCUT2D eigenvalue weighted by Gasteiger charge is -2.29. The smallest absolute Gasteiger partial charge is 0.269 e. The van der Waals surface area contributed by atoms with Crippen molar-refractivity contribution in [1.82, 2.24) is 20.9 Å². The largest absolute Gasteiger partial charge is 0.345 e. The van der Waals surface area contributed by atoms with E-state index in [4.69, 9.17) is 0 Å². The van der Waals surface area contributed by atoms with Gasteiger partial charge in [0.25, 0.3) is 5.69 Å². The first kappa shape index (κ1) is 30.7. The van der Waals surface area contributed by atoms with E-state index in [0.717, 1.165) is 5.56 Å². The summed E-state index contributed by atoms with van der Waals surface area (Å²) in [5.74, 6) is -2.42. The van der Waals surface area contributed by atoms with Crippen LogP contribution in [0.1, 0.15) is 39.2 Å². The highest BCUT2D eigenvalue weighted by molar-refractivity contribution is 5.99. The zero-order valence-electron chi connectivity index (χ0n) is 23.1. The van der Waals surface area contributed by atoms with Gasteiger partial charge in [-0.1, -0.05) is 30.3 Å². The molecule has 13 heteroatoms. The van der Waals surface area contributed by atoms with Crippen molar-refractivity contribution in [3.63, 3.8) is 0 Å². The van der Waals surface area contributed by atoms with Gasteiger partial charge in [-0.15, -0.1) is 0 Å². The van der Waals surface area contributed by atoms with E-state index in [1.807, 2.05) is 30.3 Å². The van der Waals surface area contributed by atoms with Crippen LogP contribution in [0.2, 0.25) is 0 Å². The molecule has 13 nitrogen and oxygen atoms in total. The Kier molecular flexibility index (Phi) is 10.5. The molecule has 0 spiro atoms. The van der Waals surface area contributed by atoms with Gasteiger partial charge in [-0.3, -0.25) is 34.1 Å². The van der Waals surface area contributed by atoms with Crippen molar-refractivity contribution in [2.24, 2.45) is 0 Å². The predicted molar refractivity (Wildman–Crippen MR) is 149 cm³/mol. The molecule has 0 saturated carbocycles. The molecule has 0 radical (unpaired) electrons. The Labute approximate surface area is 237 Å². The number of rotatable bonds is 11. The predicted octanol–water partition coefficient (Wildman–Crippen LogP) is 1.28. The average Bonchev–Trinajstić information content (AvgIpc) is 3.43. The van der Waals surface area contributed by atoms with Crippen LogP contribution in [0.25, 0.3) is 0 Å². The molecule has 0 unspecified atom stereocenters. The monoisotopic (exact) mass is 566 g/mol. The van der Waals surface area contributed by atoms with Crippen LogP contribution in [-0.4, -0.2) is 70.1 Å². The molecular weight excluding hydrogens is 532 g/mol. The number of benzene rings is 2. The number of amides is 5. The van der Waals surface area contributed by atoms with Crippen LogP contribution < -0.4 is 21.3 Å². The minimum absolute atomic E-state index is 0.127. The minimum Gasteiger partial charge on any atom is -0.345 e. The molecule has 2 aromatic carbocycles. The van der Waals surface area contributed by atoms with Crippen LogP contribution in [0.4, 0.5) is 11.4 Å². The van der Waals surface area contributed by atoms with Crippen molar-refractivity contribution in [3.05, 3.63) is 70.3 Å². The fraction of sp³-hybridized carbons (Fsp3) is 0.393. The first-order valence-corrected chi connectivity index (χ1v) is 13.2. The van der Waals surface area contributed by atoms with E-state index in [1.165, 1.54) is 49.9 Å². The van der Waals surface area contributed by atoms with Gasteiger partial charge in [0, 0.05) is 37.7 Å². The van der Waals surface area contributed by atoms with Crippen LogP contribution >= 0.6 is 0 Å². The van der Waals surface area contributed by atoms with Gasteiger partial charge in [0.15, 0.2) is 0 Å². The third-order valence-corrected chi connectivity index (χ3v) is 6.64. The first-order valence-electron chi connectivity index (χ1n) is 13.2. The van der Waals surface area contributed by atoms with Crippen molar-refractivity contribution in [1.29, 1.82) is 0 Å².